The average molecular weight is 301 g/mol. The Morgan fingerprint density at radius 3 is 2.24 bits per heavy atom. The molecule has 0 fully saturated rings. The molecule has 0 atom stereocenters. The van der Waals surface area contributed by atoms with E-state index in [0.29, 0.717) is 0 Å². The molecule has 0 aliphatic carbocycles. The molecule has 1 aromatic heterocycles. The van der Waals surface area contributed by atoms with Gasteiger partial charge in [-0.2, -0.15) is 0 Å². The van der Waals surface area contributed by atoms with Crippen molar-refractivity contribution in [2.45, 2.75) is 0 Å². The molecule has 0 radical (unpaired) electrons. The van der Waals surface area contributed by atoms with Gasteiger partial charge in [0.15, 0.2) is 23.3 Å². The van der Waals surface area contributed by atoms with E-state index in [1.165, 1.54) is 0 Å². The van der Waals surface area contributed by atoms with Crippen LogP contribution in [0, 0.1) is 23.3 Å². The molecule has 5 nitrogen and oxygen atoms in total. The van der Waals surface area contributed by atoms with Gasteiger partial charge >= 0.3 is 5.97 Å². The fraction of sp³-hybridized carbons (Fsp3) is 0. The van der Waals surface area contributed by atoms with Gasteiger partial charge < -0.3 is 16.2 Å². The van der Waals surface area contributed by atoms with E-state index in [2.05, 4.69) is 4.98 Å². The third-order valence-electron chi connectivity index (χ3n) is 2.49. The first-order valence-electron chi connectivity index (χ1n) is 5.40. The molecule has 2 aromatic rings. The number of anilines is 3. The second-order valence-corrected chi connectivity index (χ2v) is 3.94. The lowest BCUT2D eigenvalue weighted by Crippen LogP contribution is -2.09. The van der Waals surface area contributed by atoms with Crippen LogP contribution >= 0.6 is 0 Å². The van der Waals surface area contributed by atoms with Crippen molar-refractivity contribution in [2.24, 2.45) is 0 Å². The number of aromatic carboxylic acids is 1. The van der Waals surface area contributed by atoms with Crippen molar-refractivity contribution in [3.8, 4) is 0 Å². The Morgan fingerprint density at radius 2 is 1.71 bits per heavy atom. The van der Waals surface area contributed by atoms with E-state index in [4.69, 9.17) is 10.8 Å². The monoisotopic (exact) mass is 301 g/mol. The third kappa shape index (κ3) is 2.71. The lowest BCUT2D eigenvalue weighted by Gasteiger charge is -2.11. The molecular formula is C12H7F4N3O2. The van der Waals surface area contributed by atoms with Crippen LogP contribution in [0.5, 0.6) is 0 Å². The normalized spacial score (nSPS) is 10.5. The predicted octanol–water partition coefficient (Wildman–Crippen LogP) is 2.66. The second-order valence-electron chi connectivity index (χ2n) is 3.94. The smallest absolute Gasteiger partial charge is 0.339 e. The molecule has 0 saturated carbocycles. The summed E-state index contributed by atoms with van der Waals surface area (Å²) in [6.45, 7) is 0. The summed E-state index contributed by atoms with van der Waals surface area (Å²) in [5.74, 6) is -8.69. The lowest BCUT2D eigenvalue weighted by molar-refractivity contribution is 0.0697. The number of carboxylic acids is 1. The zero-order valence-electron chi connectivity index (χ0n) is 10.1. The average Bonchev–Trinajstić information content (AvgIpc) is 2.42. The maximum absolute atomic E-state index is 13.5. The van der Waals surface area contributed by atoms with Crippen LogP contribution in [0.1, 0.15) is 10.4 Å². The molecule has 1 aromatic carbocycles. The van der Waals surface area contributed by atoms with E-state index < -0.39 is 46.3 Å². The van der Waals surface area contributed by atoms with Gasteiger partial charge in [-0.05, 0) is 6.07 Å². The summed E-state index contributed by atoms with van der Waals surface area (Å²) in [5, 5.41) is 10.9. The molecule has 0 aliphatic rings. The number of hydrogen-bond donors (Lipinski definition) is 3. The molecule has 4 N–H and O–H groups in total. The highest BCUT2D eigenvalue weighted by Crippen LogP contribution is 2.28. The Bertz CT molecular complexity index is 711. The summed E-state index contributed by atoms with van der Waals surface area (Å²) >= 11 is 0. The Labute approximate surface area is 115 Å². The molecular weight excluding hydrogens is 294 g/mol. The van der Waals surface area contributed by atoms with E-state index in [1.54, 1.807) is 0 Å². The van der Waals surface area contributed by atoms with Gasteiger partial charge in [0, 0.05) is 6.07 Å². The van der Waals surface area contributed by atoms with Crippen LogP contribution < -0.4 is 11.1 Å². The Hall–Kier alpha value is -2.84. The number of halogens is 4. The van der Waals surface area contributed by atoms with Crippen molar-refractivity contribution in [3.63, 3.8) is 0 Å². The fourth-order valence-corrected chi connectivity index (χ4v) is 1.54. The summed E-state index contributed by atoms with van der Waals surface area (Å²) in [6, 6.07) is 1.01. The summed E-state index contributed by atoms with van der Waals surface area (Å²) in [5.41, 5.74) is 3.63. The van der Waals surface area contributed by atoms with Crippen molar-refractivity contribution >= 4 is 23.2 Å². The van der Waals surface area contributed by atoms with Crippen molar-refractivity contribution < 1.29 is 27.5 Å². The van der Waals surface area contributed by atoms with E-state index in [0.717, 1.165) is 12.3 Å². The standard InChI is InChI=1S/C12H7F4N3O2/c13-6-2-7(14)9(16)10(8(6)15)19-11-5(12(20)21)1-4(17)3-18-11/h1-3H,17H2,(H,18,19)(H,20,21). The van der Waals surface area contributed by atoms with Gasteiger partial charge in [-0.25, -0.2) is 27.3 Å². The van der Waals surface area contributed by atoms with Crippen LogP contribution in [0.2, 0.25) is 0 Å². The molecule has 0 saturated heterocycles. The largest absolute Gasteiger partial charge is 0.478 e. The van der Waals surface area contributed by atoms with Crippen molar-refractivity contribution in [2.75, 3.05) is 11.1 Å². The van der Waals surface area contributed by atoms with E-state index in [9.17, 15) is 22.4 Å². The summed E-state index contributed by atoms with van der Waals surface area (Å²) < 4.78 is 53.1. The first-order valence-corrected chi connectivity index (χ1v) is 5.40. The molecule has 0 amide bonds. The van der Waals surface area contributed by atoms with Gasteiger partial charge in [0.05, 0.1) is 11.9 Å². The molecule has 0 aliphatic heterocycles. The fourth-order valence-electron chi connectivity index (χ4n) is 1.54. The van der Waals surface area contributed by atoms with Gasteiger partial charge in [0.1, 0.15) is 17.1 Å². The first-order chi connectivity index (χ1) is 9.81. The van der Waals surface area contributed by atoms with Crippen LogP contribution in [0.15, 0.2) is 18.3 Å². The number of nitrogens with zero attached hydrogens (tertiary/aromatic N) is 1. The molecule has 9 heteroatoms. The first kappa shape index (κ1) is 14.6. The minimum absolute atomic E-state index is 0.00989. The summed E-state index contributed by atoms with van der Waals surface area (Å²) in [6.07, 6.45) is 1.01. The Kier molecular flexibility index (Phi) is 3.66. The molecule has 0 unspecified atom stereocenters. The van der Waals surface area contributed by atoms with E-state index in [1.807, 2.05) is 5.32 Å². The molecule has 110 valence electrons. The highest BCUT2D eigenvalue weighted by atomic mass is 19.2. The van der Waals surface area contributed by atoms with E-state index >= 15 is 0 Å². The minimum Gasteiger partial charge on any atom is -0.478 e. The highest BCUT2D eigenvalue weighted by molar-refractivity contribution is 5.95. The number of pyridine rings is 1. The van der Waals surface area contributed by atoms with Crippen LogP contribution in [0.4, 0.5) is 34.8 Å². The zero-order chi connectivity index (χ0) is 15.7. The number of nitrogens with two attached hydrogens (primary N) is 1. The third-order valence-corrected chi connectivity index (χ3v) is 2.49. The number of carboxylic acid groups (broad SMARTS) is 1. The molecule has 1 heterocycles. The van der Waals surface area contributed by atoms with Gasteiger partial charge in [-0.15, -0.1) is 0 Å². The molecule has 0 spiro atoms. The van der Waals surface area contributed by atoms with Gasteiger partial charge in [-0.3, -0.25) is 0 Å². The summed E-state index contributed by atoms with van der Waals surface area (Å²) in [4.78, 5) is 14.5. The number of hydrogen-bond acceptors (Lipinski definition) is 4. The van der Waals surface area contributed by atoms with Crippen LogP contribution in [-0.4, -0.2) is 16.1 Å². The number of nitrogen functional groups attached to an aromatic ring is 1. The maximum atomic E-state index is 13.5. The number of nitrogens with one attached hydrogen (secondary N) is 1. The van der Waals surface area contributed by atoms with Crippen LogP contribution in [-0.2, 0) is 0 Å². The van der Waals surface area contributed by atoms with E-state index in [-0.39, 0.29) is 11.8 Å². The number of aromatic nitrogens is 1. The minimum atomic E-state index is -1.70. The topological polar surface area (TPSA) is 88.2 Å². The van der Waals surface area contributed by atoms with Crippen molar-refractivity contribution in [3.05, 3.63) is 47.2 Å². The van der Waals surface area contributed by atoms with Crippen molar-refractivity contribution in [1.29, 1.82) is 0 Å². The number of rotatable bonds is 3. The highest BCUT2D eigenvalue weighted by Gasteiger charge is 2.21. The van der Waals surface area contributed by atoms with Gasteiger partial charge in [0.25, 0.3) is 0 Å². The van der Waals surface area contributed by atoms with Crippen LogP contribution in [0.25, 0.3) is 0 Å². The lowest BCUT2D eigenvalue weighted by atomic mass is 10.2. The van der Waals surface area contributed by atoms with Crippen molar-refractivity contribution in [1.82, 2.24) is 4.98 Å². The zero-order valence-corrected chi connectivity index (χ0v) is 10.1. The number of carbonyl (C=O) groups is 1. The second kappa shape index (κ2) is 5.27. The Balaban J connectivity index is 2.56. The summed E-state index contributed by atoms with van der Waals surface area (Å²) in [7, 11) is 0. The van der Waals surface area contributed by atoms with Crippen LogP contribution in [0.3, 0.4) is 0 Å². The molecule has 0 bridgehead atoms. The van der Waals surface area contributed by atoms with Gasteiger partial charge in [-0.1, -0.05) is 0 Å². The SMILES string of the molecule is Nc1cnc(Nc2c(F)c(F)cc(F)c2F)c(C(=O)O)c1. The molecule has 2 rings (SSSR count). The molecule has 21 heavy (non-hydrogen) atoms. The number of benzene rings is 1. The maximum Gasteiger partial charge on any atom is 0.339 e. The quantitative estimate of drug-likeness (QED) is 0.599. The predicted molar refractivity (Wildman–Crippen MR) is 65.2 cm³/mol. The Morgan fingerprint density at radius 1 is 1.14 bits per heavy atom. The van der Waals surface area contributed by atoms with Gasteiger partial charge in [0.2, 0.25) is 0 Å².